The Morgan fingerprint density at radius 3 is 2.59 bits per heavy atom. The molecule has 22 heavy (non-hydrogen) atoms. The molecule has 0 amide bonds. The van der Waals surface area contributed by atoms with Crippen molar-refractivity contribution in [1.29, 1.82) is 0 Å². The zero-order valence-electron chi connectivity index (χ0n) is 12.3. The molecule has 2 fully saturated rings. The van der Waals surface area contributed by atoms with Crippen LogP contribution in [0.2, 0.25) is 0 Å². The normalized spacial score (nSPS) is 21.1. The van der Waals surface area contributed by atoms with Crippen molar-refractivity contribution < 1.29 is 18.3 Å². The van der Waals surface area contributed by atoms with Gasteiger partial charge in [0.25, 0.3) is 0 Å². The Bertz CT molecular complexity index is 644. The maximum Gasteiger partial charge on any atom is 0.309 e. The molecule has 1 aromatic heterocycles. The van der Waals surface area contributed by atoms with Crippen LogP contribution in [0.25, 0.3) is 0 Å². The molecule has 0 aromatic carbocycles. The van der Waals surface area contributed by atoms with E-state index in [0.29, 0.717) is 30.5 Å². The van der Waals surface area contributed by atoms with Gasteiger partial charge >= 0.3 is 5.97 Å². The van der Waals surface area contributed by atoms with Crippen LogP contribution in [0.3, 0.4) is 0 Å². The molecule has 1 aliphatic heterocycles. The quantitative estimate of drug-likeness (QED) is 0.848. The van der Waals surface area contributed by atoms with Gasteiger partial charge in [0.15, 0.2) is 0 Å². The second-order valence-electron chi connectivity index (χ2n) is 6.14. The molecule has 1 aromatic rings. The van der Waals surface area contributed by atoms with E-state index in [1.165, 1.54) is 11.3 Å². The van der Waals surface area contributed by atoms with Crippen LogP contribution in [0, 0.1) is 5.92 Å². The zero-order chi connectivity index (χ0) is 15.7. The summed E-state index contributed by atoms with van der Waals surface area (Å²) in [6, 6.07) is 0. The Kier molecular flexibility index (Phi) is 4.52. The number of piperidine rings is 1. The van der Waals surface area contributed by atoms with E-state index in [1.807, 2.05) is 0 Å². The molecule has 2 heterocycles. The van der Waals surface area contributed by atoms with Crippen LogP contribution in [0.15, 0.2) is 5.38 Å². The molecule has 0 spiro atoms. The van der Waals surface area contributed by atoms with Gasteiger partial charge in [-0.25, -0.2) is 17.7 Å². The van der Waals surface area contributed by atoms with E-state index in [2.05, 4.69) is 4.98 Å². The predicted molar refractivity (Wildman–Crippen MR) is 83.5 cm³/mol. The average molecular weight is 344 g/mol. The van der Waals surface area contributed by atoms with Gasteiger partial charge in [-0.15, -0.1) is 11.3 Å². The van der Waals surface area contributed by atoms with E-state index < -0.39 is 16.0 Å². The summed E-state index contributed by atoms with van der Waals surface area (Å²) in [4.78, 5) is 15.1. The number of hydrogen-bond acceptors (Lipinski definition) is 5. The fraction of sp³-hybridized carbons (Fsp3) is 0.714. The topological polar surface area (TPSA) is 87.6 Å². The van der Waals surface area contributed by atoms with Crippen molar-refractivity contribution in [3.8, 4) is 0 Å². The van der Waals surface area contributed by atoms with Gasteiger partial charge in [-0.05, 0) is 31.6 Å². The SMILES string of the molecule is O=C(O)Cc1csc(C2CCN(S(=O)(=O)CC3CC3)CC2)n1. The maximum absolute atomic E-state index is 12.3. The molecule has 0 atom stereocenters. The highest BCUT2D eigenvalue weighted by molar-refractivity contribution is 7.89. The highest BCUT2D eigenvalue weighted by Crippen LogP contribution is 2.34. The van der Waals surface area contributed by atoms with E-state index in [0.717, 1.165) is 30.7 Å². The predicted octanol–water partition coefficient (Wildman–Crippen LogP) is 1.69. The van der Waals surface area contributed by atoms with Crippen molar-refractivity contribution in [3.05, 3.63) is 16.1 Å². The number of carbonyl (C=O) groups is 1. The van der Waals surface area contributed by atoms with Crippen LogP contribution in [0.1, 0.15) is 42.3 Å². The van der Waals surface area contributed by atoms with Crippen LogP contribution < -0.4 is 0 Å². The molecular formula is C14H20N2O4S2. The highest BCUT2D eigenvalue weighted by atomic mass is 32.2. The maximum atomic E-state index is 12.3. The number of thiazole rings is 1. The minimum atomic E-state index is -3.10. The third-order valence-electron chi connectivity index (χ3n) is 4.24. The fourth-order valence-electron chi connectivity index (χ4n) is 2.81. The van der Waals surface area contributed by atoms with Crippen molar-refractivity contribution in [3.63, 3.8) is 0 Å². The Labute approximate surface area is 134 Å². The summed E-state index contributed by atoms with van der Waals surface area (Å²) in [5, 5.41) is 11.5. The number of aromatic nitrogens is 1. The summed E-state index contributed by atoms with van der Waals surface area (Å²) in [6.45, 7) is 1.10. The van der Waals surface area contributed by atoms with E-state index in [4.69, 9.17) is 5.11 Å². The third-order valence-corrected chi connectivity index (χ3v) is 7.34. The lowest BCUT2D eigenvalue weighted by molar-refractivity contribution is -0.136. The molecule has 1 saturated carbocycles. The molecule has 2 aliphatic rings. The lowest BCUT2D eigenvalue weighted by Crippen LogP contribution is -2.39. The first-order valence-corrected chi connectivity index (χ1v) is 10.1. The summed E-state index contributed by atoms with van der Waals surface area (Å²) in [7, 11) is -3.10. The summed E-state index contributed by atoms with van der Waals surface area (Å²) < 4.78 is 26.1. The molecule has 122 valence electrons. The van der Waals surface area contributed by atoms with Crippen molar-refractivity contribution >= 4 is 27.3 Å². The van der Waals surface area contributed by atoms with Crippen molar-refractivity contribution in [1.82, 2.24) is 9.29 Å². The van der Waals surface area contributed by atoms with Crippen molar-refractivity contribution in [2.45, 2.75) is 38.0 Å². The zero-order valence-corrected chi connectivity index (χ0v) is 13.9. The fourth-order valence-corrected chi connectivity index (χ4v) is 5.71. The van der Waals surface area contributed by atoms with Crippen molar-refractivity contribution in [2.24, 2.45) is 5.92 Å². The van der Waals surface area contributed by atoms with Gasteiger partial charge in [0.05, 0.1) is 22.9 Å². The van der Waals surface area contributed by atoms with Gasteiger partial charge in [-0.3, -0.25) is 4.79 Å². The molecular weight excluding hydrogens is 324 g/mol. The van der Waals surface area contributed by atoms with Gasteiger partial charge in [-0.2, -0.15) is 0 Å². The number of carboxylic acid groups (broad SMARTS) is 1. The van der Waals surface area contributed by atoms with Crippen LogP contribution in [0.5, 0.6) is 0 Å². The number of carboxylic acids is 1. The van der Waals surface area contributed by atoms with E-state index >= 15 is 0 Å². The molecule has 1 N–H and O–H groups in total. The molecule has 0 unspecified atom stereocenters. The van der Waals surface area contributed by atoms with Gasteiger partial charge < -0.3 is 5.11 Å². The van der Waals surface area contributed by atoms with Crippen LogP contribution in [0.4, 0.5) is 0 Å². The Morgan fingerprint density at radius 1 is 1.32 bits per heavy atom. The smallest absolute Gasteiger partial charge is 0.309 e. The average Bonchev–Trinajstić information content (AvgIpc) is 3.13. The summed E-state index contributed by atoms with van der Waals surface area (Å²) >= 11 is 1.49. The van der Waals surface area contributed by atoms with Gasteiger partial charge in [-0.1, -0.05) is 0 Å². The van der Waals surface area contributed by atoms with Crippen LogP contribution in [-0.4, -0.2) is 47.6 Å². The molecule has 3 rings (SSSR count). The summed E-state index contributed by atoms with van der Waals surface area (Å²) in [5.74, 6) is 0.0514. The third kappa shape index (κ3) is 3.85. The standard InChI is InChI=1S/C14H20N2O4S2/c17-13(18)7-12-8-21-14(15-12)11-3-5-16(6-4-11)22(19,20)9-10-1-2-10/h8,10-11H,1-7,9H2,(H,17,18). The van der Waals surface area contributed by atoms with Crippen molar-refractivity contribution in [2.75, 3.05) is 18.8 Å². The monoisotopic (exact) mass is 344 g/mol. The van der Waals surface area contributed by atoms with Gasteiger partial charge in [0.1, 0.15) is 0 Å². The Hall–Kier alpha value is -0.990. The number of aliphatic carboxylic acids is 1. The van der Waals surface area contributed by atoms with E-state index in [1.54, 1.807) is 9.69 Å². The molecule has 0 bridgehead atoms. The first kappa shape index (κ1) is 15.9. The first-order valence-electron chi connectivity index (χ1n) is 7.58. The minimum absolute atomic E-state index is 0.0505. The van der Waals surface area contributed by atoms with E-state index in [9.17, 15) is 13.2 Å². The number of rotatable bonds is 6. The highest BCUT2D eigenvalue weighted by Gasteiger charge is 2.34. The number of nitrogens with zero attached hydrogens (tertiary/aromatic N) is 2. The summed E-state index contributed by atoms with van der Waals surface area (Å²) in [6.07, 6.45) is 3.57. The lowest BCUT2D eigenvalue weighted by Gasteiger charge is -2.30. The van der Waals surface area contributed by atoms with Crippen LogP contribution in [-0.2, 0) is 21.2 Å². The van der Waals surface area contributed by atoms with Gasteiger partial charge in [0.2, 0.25) is 10.0 Å². The van der Waals surface area contributed by atoms with Gasteiger partial charge in [0, 0.05) is 24.4 Å². The molecule has 8 heteroatoms. The number of sulfonamides is 1. The molecule has 6 nitrogen and oxygen atoms in total. The second kappa shape index (κ2) is 6.25. The second-order valence-corrected chi connectivity index (χ2v) is 9.05. The lowest BCUT2D eigenvalue weighted by atomic mass is 9.99. The number of hydrogen-bond donors (Lipinski definition) is 1. The largest absolute Gasteiger partial charge is 0.481 e. The van der Waals surface area contributed by atoms with E-state index in [-0.39, 0.29) is 12.3 Å². The molecule has 0 radical (unpaired) electrons. The molecule has 1 saturated heterocycles. The molecule has 1 aliphatic carbocycles. The minimum Gasteiger partial charge on any atom is -0.481 e. The Balaban J connectivity index is 1.57. The summed E-state index contributed by atoms with van der Waals surface area (Å²) in [5.41, 5.74) is 0.594. The van der Waals surface area contributed by atoms with Crippen LogP contribution >= 0.6 is 11.3 Å². The Morgan fingerprint density at radius 2 is 2.00 bits per heavy atom. The first-order chi connectivity index (χ1) is 10.4.